The highest BCUT2D eigenvalue weighted by atomic mass is 16.1. The van der Waals surface area contributed by atoms with Crippen LogP contribution >= 0.6 is 0 Å². The van der Waals surface area contributed by atoms with E-state index >= 15 is 0 Å². The summed E-state index contributed by atoms with van der Waals surface area (Å²) < 4.78 is 2.17. The van der Waals surface area contributed by atoms with Gasteiger partial charge in [0.2, 0.25) is 0 Å². The summed E-state index contributed by atoms with van der Waals surface area (Å²) in [7, 11) is 0. The van der Waals surface area contributed by atoms with Crippen molar-refractivity contribution >= 4 is 5.91 Å². The van der Waals surface area contributed by atoms with E-state index in [-0.39, 0.29) is 5.91 Å². The van der Waals surface area contributed by atoms with E-state index < -0.39 is 0 Å². The van der Waals surface area contributed by atoms with Crippen LogP contribution in [0.4, 0.5) is 0 Å². The van der Waals surface area contributed by atoms with Crippen molar-refractivity contribution in [2.24, 2.45) is 5.92 Å². The average molecular weight is 273 g/mol. The number of carbonyl (C=O) groups excluding carboxylic acids is 1. The molecule has 1 aliphatic heterocycles. The van der Waals surface area contributed by atoms with E-state index in [0.717, 1.165) is 37.3 Å². The second kappa shape index (κ2) is 5.48. The summed E-state index contributed by atoms with van der Waals surface area (Å²) in [4.78, 5) is 16.3. The number of hydrogen-bond acceptors (Lipinski definition) is 3. The fourth-order valence-electron chi connectivity index (χ4n) is 2.59. The van der Waals surface area contributed by atoms with Gasteiger partial charge in [0.1, 0.15) is 11.5 Å². The van der Waals surface area contributed by atoms with Crippen LogP contribution in [0.15, 0.2) is 18.5 Å². The van der Waals surface area contributed by atoms with Crippen molar-refractivity contribution in [2.75, 3.05) is 6.54 Å². The smallest absolute Gasteiger partial charge is 0.271 e. The van der Waals surface area contributed by atoms with E-state index in [4.69, 9.17) is 0 Å². The van der Waals surface area contributed by atoms with E-state index in [1.54, 1.807) is 0 Å². The highest BCUT2D eigenvalue weighted by molar-refractivity contribution is 5.92. The minimum Gasteiger partial charge on any atom is -0.350 e. The summed E-state index contributed by atoms with van der Waals surface area (Å²) in [6.07, 6.45) is 6.75. The highest BCUT2D eigenvalue weighted by Gasteiger charge is 2.20. The zero-order valence-electron chi connectivity index (χ0n) is 11.6. The number of amides is 1. The molecule has 1 atom stereocenters. The normalized spacial score (nSPS) is 17.8. The standard InChI is InChI=1S/C14H19N5O/c1-2-11-7-12(18-17-11)14(20)16-8-10-3-4-13-15-5-6-19(13)9-10/h5-7,10H,2-4,8-9H2,1H3,(H,16,20)(H,17,18)/t10-/m0/s1. The Hall–Kier alpha value is -2.11. The second-order valence-corrected chi connectivity index (χ2v) is 5.24. The minimum absolute atomic E-state index is 0.0996. The Morgan fingerprint density at radius 2 is 2.50 bits per heavy atom. The molecule has 0 unspecified atom stereocenters. The maximum atomic E-state index is 12.0. The van der Waals surface area contributed by atoms with Crippen LogP contribution in [0.3, 0.4) is 0 Å². The van der Waals surface area contributed by atoms with Gasteiger partial charge in [-0.3, -0.25) is 9.89 Å². The van der Waals surface area contributed by atoms with Gasteiger partial charge >= 0.3 is 0 Å². The number of aromatic amines is 1. The maximum absolute atomic E-state index is 12.0. The molecule has 6 heteroatoms. The number of fused-ring (bicyclic) bond motifs is 1. The zero-order chi connectivity index (χ0) is 13.9. The lowest BCUT2D eigenvalue weighted by molar-refractivity contribution is 0.0938. The number of rotatable bonds is 4. The molecule has 0 aromatic carbocycles. The molecule has 0 saturated heterocycles. The highest BCUT2D eigenvalue weighted by Crippen LogP contribution is 2.18. The number of H-pyrrole nitrogens is 1. The van der Waals surface area contributed by atoms with Crippen molar-refractivity contribution < 1.29 is 4.79 Å². The molecule has 6 nitrogen and oxygen atoms in total. The third kappa shape index (κ3) is 2.59. The van der Waals surface area contributed by atoms with Crippen LogP contribution in [-0.4, -0.2) is 32.2 Å². The quantitative estimate of drug-likeness (QED) is 0.877. The molecular formula is C14H19N5O. The number of hydrogen-bond donors (Lipinski definition) is 2. The number of carbonyl (C=O) groups is 1. The average Bonchev–Trinajstić information content (AvgIpc) is 3.12. The molecule has 3 rings (SSSR count). The largest absolute Gasteiger partial charge is 0.350 e. The molecule has 1 amide bonds. The molecule has 0 spiro atoms. The van der Waals surface area contributed by atoms with Gasteiger partial charge in [0, 0.05) is 37.6 Å². The van der Waals surface area contributed by atoms with Crippen LogP contribution < -0.4 is 5.32 Å². The van der Waals surface area contributed by atoms with Crippen LogP contribution in [0.5, 0.6) is 0 Å². The first-order valence-corrected chi connectivity index (χ1v) is 7.08. The summed E-state index contributed by atoms with van der Waals surface area (Å²) in [6, 6.07) is 1.81. The summed E-state index contributed by atoms with van der Waals surface area (Å²) >= 11 is 0. The number of aromatic nitrogens is 4. The van der Waals surface area contributed by atoms with Crippen molar-refractivity contribution in [1.82, 2.24) is 25.1 Å². The molecule has 0 aliphatic carbocycles. The SMILES string of the molecule is CCc1cc(C(=O)NC[C@@H]2CCc3nccn3C2)n[nH]1. The maximum Gasteiger partial charge on any atom is 0.271 e. The monoisotopic (exact) mass is 273 g/mol. The van der Waals surface area contributed by atoms with E-state index in [2.05, 4.69) is 25.1 Å². The fourth-order valence-corrected chi connectivity index (χ4v) is 2.59. The first-order chi connectivity index (χ1) is 9.76. The molecule has 1 aliphatic rings. The van der Waals surface area contributed by atoms with Gasteiger partial charge in [0.15, 0.2) is 0 Å². The van der Waals surface area contributed by atoms with Gasteiger partial charge in [0.05, 0.1) is 0 Å². The van der Waals surface area contributed by atoms with E-state index in [1.807, 2.05) is 25.4 Å². The summed E-state index contributed by atoms with van der Waals surface area (Å²) in [6.45, 7) is 3.64. The van der Waals surface area contributed by atoms with Crippen molar-refractivity contribution in [3.63, 3.8) is 0 Å². The molecule has 0 saturated carbocycles. The lowest BCUT2D eigenvalue weighted by atomic mass is 9.99. The van der Waals surface area contributed by atoms with Crippen LogP contribution in [0.25, 0.3) is 0 Å². The molecule has 0 bridgehead atoms. The lowest BCUT2D eigenvalue weighted by Gasteiger charge is -2.23. The first kappa shape index (κ1) is 12.9. The van der Waals surface area contributed by atoms with E-state index in [9.17, 15) is 4.79 Å². The Morgan fingerprint density at radius 1 is 1.60 bits per heavy atom. The zero-order valence-corrected chi connectivity index (χ0v) is 11.6. The molecular weight excluding hydrogens is 254 g/mol. The van der Waals surface area contributed by atoms with Crippen molar-refractivity contribution in [2.45, 2.75) is 32.7 Å². The number of aryl methyl sites for hydroxylation is 2. The summed E-state index contributed by atoms with van der Waals surface area (Å²) in [5.41, 5.74) is 1.46. The van der Waals surface area contributed by atoms with Crippen molar-refractivity contribution in [3.05, 3.63) is 35.7 Å². The predicted octanol–water partition coefficient (Wildman–Crippen LogP) is 1.16. The van der Waals surface area contributed by atoms with E-state index in [1.165, 1.54) is 0 Å². The van der Waals surface area contributed by atoms with Gasteiger partial charge in [-0.25, -0.2) is 4.98 Å². The van der Waals surface area contributed by atoms with Crippen LogP contribution in [0.2, 0.25) is 0 Å². The molecule has 106 valence electrons. The molecule has 2 N–H and O–H groups in total. The minimum atomic E-state index is -0.0996. The number of imidazole rings is 1. The summed E-state index contributed by atoms with van der Waals surface area (Å²) in [5.74, 6) is 1.51. The fraction of sp³-hybridized carbons (Fsp3) is 0.500. The van der Waals surface area contributed by atoms with Gasteiger partial charge in [-0.2, -0.15) is 5.10 Å². The van der Waals surface area contributed by atoms with Crippen LogP contribution in [-0.2, 0) is 19.4 Å². The number of nitrogens with one attached hydrogen (secondary N) is 2. The lowest BCUT2D eigenvalue weighted by Crippen LogP contribution is -2.33. The van der Waals surface area contributed by atoms with Gasteiger partial charge in [-0.05, 0) is 24.8 Å². The Labute approximate surface area is 117 Å². The van der Waals surface area contributed by atoms with Gasteiger partial charge in [-0.1, -0.05) is 6.92 Å². The Balaban J connectivity index is 1.54. The predicted molar refractivity (Wildman–Crippen MR) is 74.3 cm³/mol. The molecule has 3 heterocycles. The van der Waals surface area contributed by atoms with Gasteiger partial charge in [0.25, 0.3) is 5.91 Å². The third-order valence-corrected chi connectivity index (χ3v) is 3.83. The molecule has 0 fully saturated rings. The Kier molecular flexibility index (Phi) is 3.54. The summed E-state index contributed by atoms with van der Waals surface area (Å²) in [5, 5.41) is 9.86. The van der Waals surface area contributed by atoms with Crippen molar-refractivity contribution in [3.8, 4) is 0 Å². The molecule has 2 aromatic heterocycles. The Morgan fingerprint density at radius 3 is 3.30 bits per heavy atom. The molecule has 0 radical (unpaired) electrons. The van der Waals surface area contributed by atoms with Crippen LogP contribution in [0, 0.1) is 5.92 Å². The van der Waals surface area contributed by atoms with Gasteiger partial charge < -0.3 is 9.88 Å². The van der Waals surface area contributed by atoms with E-state index in [0.29, 0.717) is 18.2 Å². The number of nitrogens with zero attached hydrogens (tertiary/aromatic N) is 3. The van der Waals surface area contributed by atoms with Gasteiger partial charge in [-0.15, -0.1) is 0 Å². The Bertz CT molecular complexity index is 600. The third-order valence-electron chi connectivity index (χ3n) is 3.83. The topological polar surface area (TPSA) is 75.6 Å². The second-order valence-electron chi connectivity index (χ2n) is 5.24. The van der Waals surface area contributed by atoms with Crippen molar-refractivity contribution in [1.29, 1.82) is 0 Å². The first-order valence-electron chi connectivity index (χ1n) is 7.08. The van der Waals surface area contributed by atoms with Crippen LogP contribution in [0.1, 0.15) is 35.4 Å². The molecule has 20 heavy (non-hydrogen) atoms. The molecule has 2 aromatic rings.